The molecule has 1 aliphatic rings. The molecular formula is C34H31N. The summed E-state index contributed by atoms with van der Waals surface area (Å²) in [6.45, 7) is 6.69. The molecule has 4 aromatic rings. The SMILES string of the molecule is C=C1C=CC=CN1C(C)(Cc1ccc(-c2ccccc2)cc1)Cc1ccc(-c2ccccc2)cc1. The third-order valence-corrected chi connectivity index (χ3v) is 6.82. The van der Waals surface area contributed by atoms with Crippen molar-refractivity contribution in [3.05, 3.63) is 157 Å². The Kier molecular flexibility index (Phi) is 6.50. The zero-order chi connectivity index (χ0) is 24.1. The molecule has 0 saturated carbocycles. The molecule has 0 fully saturated rings. The monoisotopic (exact) mass is 453 g/mol. The molecule has 0 N–H and O–H groups in total. The van der Waals surface area contributed by atoms with E-state index in [-0.39, 0.29) is 5.54 Å². The summed E-state index contributed by atoms with van der Waals surface area (Å²) in [7, 11) is 0. The second-order valence-corrected chi connectivity index (χ2v) is 9.54. The quantitative estimate of drug-likeness (QED) is 0.271. The van der Waals surface area contributed by atoms with E-state index in [0.29, 0.717) is 0 Å². The van der Waals surface area contributed by atoms with Crippen molar-refractivity contribution in [2.75, 3.05) is 0 Å². The zero-order valence-corrected chi connectivity index (χ0v) is 20.3. The van der Waals surface area contributed by atoms with Crippen LogP contribution in [0.25, 0.3) is 22.3 Å². The summed E-state index contributed by atoms with van der Waals surface area (Å²) < 4.78 is 0. The average molecular weight is 454 g/mol. The van der Waals surface area contributed by atoms with E-state index in [1.54, 1.807) is 0 Å². The fourth-order valence-electron chi connectivity index (χ4n) is 5.01. The highest BCUT2D eigenvalue weighted by molar-refractivity contribution is 5.64. The second kappa shape index (κ2) is 10.0. The van der Waals surface area contributed by atoms with Crippen molar-refractivity contribution in [3.63, 3.8) is 0 Å². The number of nitrogens with zero attached hydrogens (tertiary/aromatic N) is 1. The molecule has 0 atom stereocenters. The van der Waals surface area contributed by atoms with Gasteiger partial charge in [-0.1, -0.05) is 122 Å². The van der Waals surface area contributed by atoms with Crippen LogP contribution in [0.15, 0.2) is 146 Å². The third kappa shape index (κ3) is 5.20. The van der Waals surface area contributed by atoms with Gasteiger partial charge in [-0.3, -0.25) is 0 Å². The highest BCUT2D eigenvalue weighted by atomic mass is 15.2. The van der Waals surface area contributed by atoms with Crippen LogP contribution in [-0.4, -0.2) is 10.4 Å². The van der Waals surface area contributed by atoms with E-state index in [1.807, 2.05) is 0 Å². The summed E-state index contributed by atoms with van der Waals surface area (Å²) >= 11 is 0. The Balaban J connectivity index is 1.41. The van der Waals surface area contributed by atoms with Gasteiger partial charge >= 0.3 is 0 Å². The lowest BCUT2D eigenvalue weighted by Crippen LogP contribution is -2.46. The molecule has 0 amide bonds. The van der Waals surface area contributed by atoms with Crippen LogP contribution >= 0.6 is 0 Å². The van der Waals surface area contributed by atoms with E-state index in [2.05, 4.69) is 152 Å². The van der Waals surface area contributed by atoms with Crippen LogP contribution in [0.4, 0.5) is 0 Å². The van der Waals surface area contributed by atoms with Crippen LogP contribution in [0.5, 0.6) is 0 Å². The largest absolute Gasteiger partial charge is 0.342 e. The maximum Gasteiger partial charge on any atom is 0.0497 e. The van der Waals surface area contributed by atoms with Crippen molar-refractivity contribution >= 4 is 0 Å². The number of rotatable bonds is 7. The molecule has 35 heavy (non-hydrogen) atoms. The minimum Gasteiger partial charge on any atom is -0.342 e. The predicted molar refractivity (Wildman–Crippen MR) is 149 cm³/mol. The topological polar surface area (TPSA) is 3.24 Å². The lowest BCUT2D eigenvalue weighted by atomic mass is 9.83. The highest BCUT2D eigenvalue weighted by Gasteiger charge is 2.32. The molecule has 0 aliphatic carbocycles. The van der Waals surface area contributed by atoms with Gasteiger partial charge < -0.3 is 4.90 Å². The van der Waals surface area contributed by atoms with Gasteiger partial charge in [-0.05, 0) is 65.3 Å². The van der Waals surface area contributed by atoms with Crippen LogP contribution in [0.3, 0.4) is 0 Å². The van der Waals surface area contributed by atoms with Gasteiger partial charge in [0.25, 0.3) is 0 Å². The van der Waals surface area contributed by atoms with Crippen LogP contribution in [0.1, 0.15) is 18.1 Å². The lowest BCUT2D eigenvalue weighted by Gasteiger charge is -2.42. The van der Waals surface area contributed by atoms with Gasteiger partial charge in [-0.15, -0.1) is 0 Å². The van der Waals surface area contributed by atoms with Crippen molar-refractivity contribution in [2.45, 2.75) is 25.3 Å². The van der Waals surface area contributed by atoms with Crippen molar-refractivity contribution in [3.8, 4) is 22.3 Å². The van der Waals surface area contributed by atoms with Crippen LogP contribution in [0.2, 0.25) is 0 Å². The average Bonchev–Trinajstić information content (AvgIpc) is 2.91. The summed E-state index contributed by atoms with van der Waals surface area (Å²) in [6.07, 6.45) is 10.3. The van der Waals surface area contributed by atoms with Crippen molar-refractivity contribution in [2.24, 2.45) is 0 Å². The molecule has 0 bridgehead atoms. The summed E-state index contributed by atoms with van der Waals surface area (Å²) in [5, 5.41) is 0. The van der Waals surface area contributed by atoms with Gasteiger partial charge in [0.05, 0.1) is 0 Å². The molecule has 0 saturated heterocycles. The molecule has 1 nitrogen and oxygen atoms in total. The summed E-state index contributed by atoms with van der Waals surface area (Å²) in [4.78, 5) is 2.34. The minimum absolute atomic E-state index is 0.152. The van der Waals surface area contributed by atoms with Gasteiger partial charge in [-0.25, -0.2) is 0 Å². The van der Waals surface area contributed by atoms with E-state index in [9.17, 15) is 0 Å². The molecule has 5 rings (SSSR count). The fraction of sp³-hybridized carbons (Fsp3) is 0.118. The van der Waals surface area contributed by atoms with E-state index < -0.39 is 0 Å². The molecule has 0 unspecified atom stereocenters. The number of hydrogen-bond acceptors (Lipinski definition) is 1. The van der Waals surface area contributed by atoms with Crippen molar-refractivity contribution in [1.82, 2.24) is 4.90 Å². The number of benzene rings is 4. The summed E-state index contributed by atoms with van der Waals surface area (Å²) in [5.41, 5.74) is 8.51. The first-order chi connectivity index (χ1) is 17.1. The molecule has 0 radical (unpaired) electrons. The van der Waals surface area contributed by atoms with Gasteiger partial charge in [0.2, 0.25) is 0 Å². The van der Waals surface area contributed by atoms with Gasteiger partial charge in [0.1, 0.15) is 0 Å². The van der Waals surface area contributed by atoms with E-state index >= 15 is 0 Å². The predicted octanol–water partition coefficient (Wildman–Crippen LogP) is 8.46. The molecule has 172 valence electrons. The first-order valence-corrected chi connectivity index (χ1v) is 12.2. The minimum atomic E-state index is -0.152. The molecule has 0 spiro atoms. The Bertz CT molecular complexity index is 1240. The third-order valence-electron chi connectivity index (χ3n) is 6.82. The van der Waals surface area contributed by atoms with E-state index in [1.165, 1.54) is 33.4 Å². The molecule has 1 heteroatoms. The maximum absolute atomic E-state index is 4.34. The standard InChI is InChI=1S/C34H31N/c1-27-11-9-10-24-35(27)34(2,25-28-16-20-32(21-17-28)30-12-5-3-6-13-30)26-29-18-22-33(23-19-29)31-14-7-4-8-15-31/h3-24H,1,25-26H2,2H3. The summed E-state index contributed by atoms with van der Waals surface area (Å²) in [6, 6.07) is 39.1. The fourth-order valence-corrected chi connectivity index (χ4v) is 5.01. The molecule has 1 heterocycles. The smallest absolute Gasteiger partial charge is 0.0497 e. The Labute approximate surface area is 209 Å². The lowest BCUT2D eigenvalue weighted by molar-refractivity contribution is 0.211. The normalized spacial score (nSPS) is 13.3. The van der Waals surface area contributed by atoms with Crippen molar-refractivity contribution < 1.29 is 0 Å². The van der Waals surface area contributed by atoms with Crippen LogP contribution in [-0.2, 0) is 12.8 Å². The summed E-state index contributed by atoms with van der Waals surface area (Å²) in [5.74, 6) is 0. The number of allylic oxidation sites excluding steroid dienone is 3. The maximum atomic E-state index is 4.34. The van der Waals surface area contributed by atoms with E-state index in [0.717, 1.165) is 18.5 Å². The van der Waals surface area contributed by atoms with Crippen LogP contribution < -0.4 is 0 Å². The first-order valence-electron chi connectivity index (χ1n) is 12.2. The Morgan fingerprint density at radius 3 is 1.43 bits per heavy atom. The molecule has 4 aromatic carbocycles. The molecule has 1 aliphatic heterocycles. The Hall–Kier alpha value is -4.10. The first kappa shape index (κ1) is 22.7. The van der Waals surface area contributed by atoms with Gasteiger partial charge in [0.15, 0.2) is 0 Å². The molecule has 0 aromatic heterocycles. The van der Waals surface area contributed by atoms with Gasteiger partial charge in [-0.2, -0.15) is 0 Å². The Morgan fingerprint density at radius 1 is 0.571 bits per heavy atom. The Morgan fingerprint density at radius 2 is 1.00 bits per heavy atom. The van der Waals surface area contributed by atoms with Crippen LogP contribution in [0, 0.1) is 0 Å². The van der Waals surface area contributed by atoms with E-state index in [4.69, 9.17) is 0 Å². The zero-order valence-electron chi connectivity index (χ0n) is 20.3. The highest BCUT2D eigenvalue weighted by Crippen LogP contribution is 2.32. The van der Waals surface area contributed by atoms with Gasteiger partial charge in [0, 0.05) is 17.4 Å². The second-order valence-electron chi connectivity index (χ2n) is 9.54. The number of hydrogen-bond donors (Lipinski definition) is 0. The molecular weight excluding hydrogens is 422 g/mol. The van der Waals surface area contributed by atoms with Crippen molar-refractivity contribution in [1.29, 1.82) is 0 Å².